The van der Waals surface area contributed by atoms with Gasteiger partial charge < -0.3 is 5.32 Å². The first-order valence-corrected chi connectivity index (χ1v) is 12.3. The predicted molar refractivity (Wildman–Crippen MR) is 143 cm³/mol. The highest BCUT2D eigenvalue weighted by Crippen LogP contribution is 2.38. The summed E-state index contributed by atoms with van der Waals surface area (Å²) in [6.45, 7) is 6.73. The van der Waals surface area contributed by atoms with Gasteiger partial charge in [-0.3, -0.25) is 9.98 Å². The molecule has 3 nitrogen and oxygen atoms in total. The first kappa shape index (κ1) is 23.6. The topological polar surface area (TPSA) is 37.3 Å². The highest BCUT2D eigenvalue weighted by Gasteiger charge is 2.18. The van der Waals surface area contributed by atoms with Gasteiger partial charge in [-0.2, -0.15) is 0 Å². The third-order valence-corrected chi connectivity index (χ3v) is 6.64. The molecule has 5 heteroatoms. The number of aromatic nitrogens is 1. The fourth-order valence-corrected chi connectivity index (χ4v) is 4.78. The Kier molecular flexibility index (Phi) is 7.65. The molecule has 0 amide bonds. The lowest BCUT2D eigenvalue weighted by Gasteiger charge is -2.15. The largest absolute Gasteiger partial charge is 0.345 e. The van der Waals surface area contributed by atoms with Gasteiger partial charge in [0.1, 0.15) is 10.8 Å². The average molecular weight is 470 g/mol. The van der Waals surface area contributed by atoms with Crippen molar-refractivity contribution in [1.82, 2.24) is 4.98 Å². The van der Waals surface area contributed by atoms with Crippen LogP contribution in [0.4, 0.5) is 9.39 Å². The van der Waals surface area contributed by atoms with Gasteiger partial charge >= 0.3 is 0 Å². The molecule has 2 heterocycles. The molecule has 0 radical (unpaired) electrons. The Morgan fingerprint density at radius 1 is 1.00 bits per heavy atom. The van der Waals surface area contributed by atoms with Gasteiger partial charge in [-0.05, 0) is 61.2 Å². The van der Waals surface area contributed by atoms with Crippen molar-refractivity contribution in [2.75, 3.05) is 5.32 Å². The van der Waals surface area contributed by atoms with E-state index in [0.717, 1.165) is 50.8 Å². The maximum atomic E-state index is 13.7. The lowest BCUT2D eigenvalue weighted by atomic mass is 10.0. The maximum Gasteiger partial charge on any atom is 0.123 e. The van der Waals surface area contributed by atoms with E-state index in [1.165, 1.54) is 17.7 Å². The van der Waals surface area contributed by atoms with E-state index < -0.39 is 0 Å². The van der Waals surface area contributed by atoms with E-state index in [0.29, 0.717) is 6.54 Å². The zero-order chi connectivity index (χ0) is 23.9. The quantitative estimate of drug-likeness (QED) is 0.264. The molecule has 0 aliphatic carbocycles. The van der Waals surface area contributed by atoms with Crippen LogP contribution in [-0.2, 0) is 6.54 Å². The zero-order valence-electron chi connectivity index (χ0n) is 19.7. The molecule has 1 N–H and O–H groups in total. The molecule has 0 fully saturated rings. The van der Waals surface area contributed by atoms with Crippen molar-refractivity contribution < 1.29 is 4.39 Å². The number of hydrogen-bond acceptors (Lipinski definition) is 4. The highest BCUT2D eigenvalue weighted by atomic mass is 32.1. The molecule has 0 saturated carbocycles. The molecule has 0 spiro atoms. The summed E-state index contributed by atoms with van der Waals surface area (Å²) in [6.07, 6.45) is 2.73. The van der Waals surface area contributed by atoms with Gasteiger partial charge in [0.25, 0.3) is 0 Å². The van der Waals surface area contributed by atoms with Gasteiger partial charge in [0.15, 0.2) is 0 Å². The zero-order valence-corrected chi connectivity index (χ0v) is 20.5. The Hall–Kier alpha value is -3.57. The summed E-state index contributed by atoms with van der Waals surface area (Å²) in [6, 6.07) is 22.9. The number of aliphatic imine (C=N–C) groups is 1. The molecule has 0 saturated heterocycles. The van der Waals surface area contributed by atoms with E-state index in [4.69, 9.17) is 4.99 Å². The summed E-state index contributed by atoms with van der Waals surface area (Å²) in [5, 5.41) is 6.88. The van der Waals surface area contributed by atoms with Crippen LogP contribution >= 0.6 is 11.3 Å². The van der Waals surface area contributed by atoms with Crippen LogP contribution < -0.4 is 5.32 Å². The lowest BCUT2D eigenvalue weighted by molar-refractivity contribution is 0.625. The van der Waals surface area contributed by atoms with Crippen molar-refractivity contribution in [3.05, 3.63) is 113 Å². The van der Waals surface area contributed by atoms with Gasteiger partial charge in [0, 0.05) is 28.4 Å². The van der Waals surface area contributed by atoms with Crippen LogP contribution in [-0.4, -0.2) is 10.7 Å². The minimum Gasteiger partial charge on any atom is -0.345 e. The Morgan fingerprint density at radius 3 is 2.50 bits per heavy atom. The number of nitrogens with one attached hydrogen (secondary N) is 1. The fourth-order valence-electron chi connectivity index (χ4n) is 3.75. The van der Waals surface area contributed by atoms with Crippen LogP contribution in [0.5, 0.6) is 0 Å². The number of halogens is 1. The van der Waals surface area contributed by atoms with E-state index in [9.17, 15) is 4.39 Å². The van der Waals surface area contributed by atoms with E-state index in [-0.39, 0.29) is 5.82 Å². The van der Waals surface area contributed by atoms with Crippen LogP contribution in [0.1, 0.15) is 44.0 Å². The second-order valence-corrected chi connectivity index (χ2v) is 8.98. The highest BCUT2D eigenvalue weighted by molar-refractivity contribution is 7.15. The average Bonchev–Trinajstić information content (AvgIpc) is 3.30. The molecule has 0 aliphatic rings. The molecule has 172 valence electrons. The Morgan fingerprint density at radius 2 is 1.79 bits per heavy atom. The smallest absolute Gasteiger partial charge is 0.123 e. The van der Waals surface area contributed by atoms with Crippen LogP contribution in [0.15, 0.2) is 94.9 Å². The van der Waals surface area contributed by atoms with Gasteiger partial charge in [0.05, 0.1) is 17.9 Å². The first-order valence-electron chi connectivity index (χ1n) is 11.4. The minimum atomic E-state index is -0.242. The summed E-state index contributed by atoms with van der Waals surface area (Å²) in [4.78, 5) is 9.44. The summed E-state index contributed by atoms with van der Waals surface area (Å²) in [7, 11) is 0. The van der Waals surface area contributed by atoms with Crippen LogP contribution in [0.25, 0.3) is 16.8 Å². The standard InChI is InChI=1S/C29H28FN3S/c1-4-20(2)28(26-15-8-9-16-31-26)33-29-27(25(19-34-29)23-12-6-5-7-13-23)21(3)32-18-22-11-10-14-24(30)17-22/h5-17,19,33H,4,18H2,1-3H3/b28-20+,32-21?. The second kappa shape index (κ2) is 11.0. The molecule has 2 aromatic heterocycles. The minimum absolute atomic E-state index is 0.242. The number of anilines is 1. The van der Waals surface area contributed by atoms with Crippen LogP contribution in [0, 0.1) is 5.82 Å². The number of nitrogens with zero attached hydrogens (tertiary/aromatic N) is 2. The molecule has 4 rings (SSSR count). The fraction of sp³-hybridized carbons (Fsp3) is 0.172. The molecular formula is C29H28FN3S. The summed E-state index contributed by atoms with van der Waals surface area (Å²) in [5.41, 5.74) is 8.24. The van der Waals surface area contributed by atoms with Crippen molar-refractivity contribution in [2.45, 2.75) is 33.7 Å². The Bertz CT molecular complexity index is 1310. The third kappa shape index (κ3) is 5.49. The van der Waals surface area contributed by atoms with Crippen molar-refractivity contribution >= 4 is 27.7 Å². The van der Waals surface area contributed by atoms with Crippen LogP contribution in [0.2, 0.25) is 0 Å². The second-order valence-electron chi connectivity index (χ2n) is 8.10. The van der Waals surface area contributed by atoms with Crippen molar-refractivity contribution in [3.63, 3.8) is 0 Å². The summed E-state index contributed by atoms with van der Waals surface area (Å²) < 4.78 is 13.7. The SMILES string of the molecule is CC/C(C)=C(/Nc1scc(-c2ccccc2)c1C(C)=NCc1cccc(F)c1)c1ccccn1. The number of rotatable bonds is 8. The Labute approximate surface area is 204 Å². The molecule has 0 atom stereocenters. The van der Waals surface area contributed by atoms with Crippen molar-refractivity contribution in [1.29, 1.82) is 0 Å². The van der Waals surface area contributed by atoms with E-state index in [1.54, 1.807) is 17.4 Å². The van der Waals surface area contributed by atoms with Gasteiger partial charge in [-0.25, -0.2) is 4.39 Å². The molecule has 34 heavy (non-hydrogen) atoms. The number of thiophene rings is 1. The number of hydrogen-bond donors (Lipinski definition) is 1. The van der Waals surface area contributed by atoms with Crippen molar-refractivity contribution in [3.8, 4) is 11.1 Å². The molecular weight excluding hydrogens is 441 g/mol. The van der Waals surface area contributed by atoms with Gasteiger partial charge in [-0.1, -0.05) is 55.5 Å². The summed E-state index contributed by atoms with van der Waals surface area (Å²) >= 11 is 1.66. The number of benzene rings is 2. The summed E-state index contributed by atoms with van der Waals surface area (Å²) in [5.74, 6) is -0.242. The number of allylic oxidation sites excluding steroid dienone is 1. The van der Waals surface area contributed by atoms with Crippen LogP contribution in [0.3, 0.4) is 0 Å². The molecule has 0 unspecified atom stereocenters. The normalized spacial score (nSPS) is 12.4. The molecule has 2 aromatic carbocycles. The third-order valence-electron chi connectivity index (χ3n) is 5.74. The van der Waals surface area contributed by atoms with E-state index in [1.807, 2.05) is 55.6 Å². The lowest BCUT2D eigenvalue weighted by Crippen LogP contribution is -2.07. The van der Waals surface area contributed by atoms with Gasteiger partial charge in [0.2, 0.25) is 0 Å². The maximum absolute atomic E-state index is 13.7. The number of pyridine rings is 1. The van der Waals surface area contributed by atoms with Gasteiger partial charge in [-0.15, -0.1) is 11.3 Å². The molecule has 0 bridgehead atoms. The van der Waals surface area contributed by atoms with E-state index >= 15 is 0 Å². The Balaban J connectivity index is 1.77. The van der Waals surface area contributed by atoms with E-state index in [2.05, 4.69) is 41.7 Å². The first-order chi connectivity index (χ1) is 16.6. The van der Waals surface area contributed by atoms with Crippen molar-refractivity contribution in [2.24, 2.45) is 4.99 Å². The molecule has 4 aromatic rings. The molecule has 0 aliphatic heterocycles. The monoisotopic (exact) mass is 469 g/mol. The predicted octanol–water partition coefficient (Wildman–Crippen LogP) is 8.21.